The van der Waals surface area contributed by atoms with Crippen LogP contribution >= 0.6 is 11.3 Å². The molecule has 0 aliphatic carbocycles. The van der Waals surface area contributed by atoms with Gasteiger partial charge in [0.25, 0.3) is 0 Å². The quantitative estimate of drug-likeness (QED) is 0.924. The third-order valence-corrected chi connectivity index (χ3v) is 4.55. The molecule has 100 valence electrons. The Morgan fingerprint density at radius 2 is 2.11 bits per heavy atom. The van der Waals surface area contributed by atoms with Gasteiger partial charge in [-0.2, -0.15) is 0 Å². The monoisotopic (exact) mass is 275 g/mol. The molecule has 2 aromatic rings. The Morgan fingerprint density at radius 3 is 2.89 bits per heavy atom. The second-order valence-corrected chi connectivity index (χ2v) is 5.71. The standard InChI is InChI=1S/C15H17NO2S/c1-10-5-6-19-15(10)11(2)16-8-12-3-4-13-14(7-12)18-9-17-13/h3-7,11,16H,8-9H2,1-2H3. The lowest BCUT2D eigenvalue weighted by Gasteiger charge is -2.13. The van der Waals surface area contributed by atoms with Crippen LogP contribution in [-0.2, 0) is 6.54 Å². The molecule has 0 radical (unpaired) electrons. The van der Waals surface area contributed by atoms with Gasteiger partial charge in [0.1, 0.15) is 0 Å². The predicted octanol–water partition coefficient (Wildman–Crippen LogP) is 3.64. The van der Waals surface area contributed by atoms with E-state index in [2.05, 4.69) is 36.7 Å². The number of hydrogen-bond acceptors (Lipinski definition) is 4. The smallest absolute Gasteiger partial charge is 0.231 e. The van der Waals surface area contributed by atoms with Gasteiger partial charge in [0.05, 0.1) is 0 Å². The molecule has 0 saturated carbocycles. The molecule has 4 heteroatoms. The summed E-state index contributed by atoms with van der Waals surface area (Å²) in [7, 11) is 0. The molecule has 2 heterocycles. The zero-order chi connectivity index (χ0) is 13.2. The summed E-state index contributed by atoms with van der Waals surface area (Å²) in [5.41, 5.74) is 2.57. The number of hydrogen-bond donors (Lipinski definition) is 1. The first-order valence-corrected chi connectivity index (χ1v) is 7.28. The van der Waals surface area contributed by atoms with Gasteiger partial charge in [0.15, 0.2) is 11.5 Å². The molecule has 0 fully saturated rings. The van der Waals surface area contributed by atoms with E-state index in [9.17, 15) is 0 Å². The fourth-order valence-corrected chi connectivity index (χ4v) is 3.20. The minimum absolute atomic E-state index is 0.330. The van der Waals surface area contributed by atoms with Gasteiger partial charge in [-0.1, -0.05) is 6.07 Å². The van der Waals surface area contributed by atoms with Crippen LogP contribution in [0.5, 0.6) is 11.5 Å². The maximum atomic E-state index is 5.39. The third-order valence-electron chi connectivity index (χ3n) is 3.34. The molecule has 1 aromatic heterocycles. The molecule has 19 heavy (non-hydrogen) atoms. The van der Waals surface area contributed by atoms with Crippen molar-refractivity contribution in [1.29, 1.82) is 0 Å². The van der Waals surface area contributed by atoms with Crippen molar-refractivity contribution in [2.45, 2.75) is 26.4 Å². The Morgan fingerprint density at radius 1 is 1.26 bits per heavy atom. The molecular formula is C15H17NO2S. The molecule has 1 aliphatic heterocycles. The van der Waals surface area contributed by atoms with Crippen LogP contribution in [0.4, 0.5) is 0 Å². The summed E-state index contributed by atoms with van der Waals surface area (Å²) in [6, 6.07) is 8.63. The average Bonchev–Trinajstić information content (AvgIpc) is 3.03. The van der Waals surface area contributed by atoms with Crippen molar-refractivity contribution in [3.63, 3.8) is 0 Å². The average molecular weight is 275 g/mol. The Hall–Kier alpha value is -1.52. The van der Waals surface area contributed by atoms with Gasteiger partial charge < -0.3 is 14.8 Å². The summed E-state index contributed by atoms with van der Waals surface area (Å²) in [6.07, 6.45) is 0. The molecule has 1 N–H and O–H groups in total. The number of thiophene rings is 1. The molecule has 1 aromatic carbocycles. The first-order chi connectivity index (χ1) is 9.24. The van der Waals surface area contributed by atoms with Crippen LogP contribution < -0.4 is 14.8 Å². The van der Waals surface area contributed by atoms with Crippen LogP contribution in [0.2, 0.25) is 0 Å². The number of ether oxygens (including phenoxy) is 2. The lowest BCUT2D eigenvalue weighted by Crippen LogP contribution is -2.17. The second kappa shape index (κ2) is 5.23. The van der Waals surface area contributed by atoms with E-state index in [0.717, 1.165) is 18.0 Å². The van der Waals surface area contributed by atoms with Crippen LogP contribution in [0.1, 0.15) is 29.0 Å². The van der Waals surface area contributed by atoms with Crippen LogP contribution in [0, 0.1) is 6.92 Å². The van der Waals surface area contributed by atoms with Gasteiger partial charge in [-0.05, 0) is 48.6 Å². The lowest BCUT2D eigenvalue weighted by atomic mass is 10.1. The molecule has 3 nitrogen and oxygen atoms in total. The Balaban J connectivity index is 1.65. The van der Waals surface area contributed by atoms with E-state index in [1.165, 1.54) is 16.0 Å². The van der Waals surface area contributed by atoms with Crippen molar-refractivity contribution in [3.8, 4) is 11.5 Å². The topological polar surface area (TPSA) is 30.5 Å². The Kier molecular flexibility index (Phi) is 3.44. The summed E-state index contributed by atoms with van der Waals surface area (Å²) >= 11 is 1.81. The van der Waals surface area contributed by atoms with Crippen LogP contribution in [0.3, 0.4) is 0 Å². The van der Waals surface area contributed by atoms with E-state index >= 15 is 0 Å². The molecule has 1 unspecified atom stereocenters. The van der Waals surface area contributed by atoms with Gasteiger partial charge in [-0.15, -0.1) is 11.3 Å². The summed E-state index contributed by atoms with van der Waals surface area (Å²) in [5, 5.41) is 5.69. The first kappa shape index (κ1) is 12.5. The fourth-order valence-electron chi connectivity index (χ4n) is 2.24. The minimum atomic E-state index is 0.330. The Bertz CT molecular complexity index is 579. The van der Waals surface area contributed by atoms with E-state index in [1.807, 2.05) is 12.1 Å². The molecule has 0 saturated heterocycles. The van der Waals surface area contributed by atoms with Crippen LogP contribution in [-0.4, -0.2) is 6.79 Å². The zero-order valence-corrected chi connectivity index (χ0v) is 11.9. The fraction of sp³-hybridized carbons (Fsp3) is 0.333. The Labute approximate surface area is 117 Å². The van der Waals surface area contributed by atoms with Crippen LogP contribution in [0.15, 0.2) is 29.6 Å². The van der Waals surface area contributed by atoms with Crippen molar-refractivity contribution >= 4 is 11.3 Å². The van der Waals surface area contributed by atoms with Crippen molar-refractivity contribution in [3.05, 3.63) is 45.6 Å². The molecule has 0 bridgehead atoms. The van der Waals surface area contributed by atoms with E-state index in [0.29, 0.717) is 12.8 Å². The summed E-state index contributed by atoms with van der Waals surface area (Å²) < 4.78 is 10.7. The van der Waals surface area contributed by atoms with E-state index in [-0.39, 0.29) is 0 Å². The second-order valence-electron chi connectivity index (χ2n) is 4.76. The zero-order valence-electron chi connectivity index (χ0n) is 11.1. The van der Waals surface area contributed by atoms with Crippen molar-refractivity contribution in [2.24, 2.45) is 0 Å². The molecule has 0 amide bonds. The predicted molar refractivity (Wildman–Crippen MR) is 76.9 cm³/mol. The van der Waals surface area contributed by atoms with Gasteiger partial charge >= 0.3 is 0 Å². The molecule has 0 spiro atoms. The van der Waals surface area contributed by atoms with E-state index < -0.39 is 0 Å². The van der Waals surface area contributed by atoms with E-state index in [4.69, 9.17) is 9.47 Å². The SMILES string of the molecule is Cc1ccsc1C(C)NCc1ccc2c(c1)OCO2. The van der Waals surface area contributed by atoms with Crippen LogP contribution in [0.25, 0.3) is 0 Å². The maximum absolute atomic E-state index is 5.39. The number of fused-ring (bicyclic) bond motifs is 1. The van der Waals surface area contributed by atoms with Gasteiger partial charge in [0, 0.05) is 17.5 Å². The normalized spacial score (nSPS) is 14.6. The lowest BCUT2D eigenvalue weighted by molar-refractivity contribution is 0.174. The largest absolute Gasteiger partial charge is 0.454 e. The third kappa shape index (κ3) is 2.60. The highest BCUT2D eigenvalue weighted by Crippen LogP contribution is 2.32. The maximum Gasteiger partial charge on any atom is 0.231 e. The summed E-state index contributed by atoms with van der Waals surface area (Å²) in [6.45, 7) is 5.52. The van der Waals surface area contributed by atoms with Crippen molar-refractivity contribution in [1.82, 2.24) is 5.32 Å². The first-order valence-electron chi connectivity index (χ1n) is 6.40. The van der Waals surface area contributed by atoms with Gasteiger partial charge in [-0.25, -0.2) is 0 Å². The highest BCUT2D eigenvalue weighted by Gasteiger charge is 2.14. The van der Waals surface area contributed by atoms with Crippen molar-refractivity contribution in [2.75, 3.05) is 6.79 Å². The molecule has 1 atom stereocenters. The number of benzene rings is 1. The van der Waals surface area contributed by atoms with Gasteiger partial charge in [0.2, 0.25) is 6.79 Å². The molecule has 1 aliphatic rings. The van der Waals surface area contributed by atoms with E-state index in [1.54, 1.807) is 11.3 Å². The number of aryl methyl sites for hydroxylation is 1. The number of rotatable bonds is 4. The van der Waals surface area contributed by atoms with Gasteiger partial charge in [-0.3, -0.25) is 0 Å². The summed E-state index contributed by atoms with van der Waals surface area (Å²) in [5.74, 6) is 1.69. The summed E-state index contributed by atoms with van der Waals surface area (Å²) in [4.78, 5) is 1.40. The highest BCUT2D eigenvalue weighted by atomic mass is 32.1. The molecular weight excluding hydrogens is 258 g/mol. The number of nitrogens with one attached hydrogen (secondary N) is 1. The minimum Gasteiger partial charge on any atom is -0.454 e. The highest BCUT2D eigenvalue weighted by molar-refractivity contribution is 7.10. The van der Waals surface area contributed by atoms with Crippen molar-refractivity contribution < 1.29 is 9.47 Å². The molecule has 3 rings (SSSR count).